The predicted molar refractivity (Wildman–Crippen MR) is 73.5 cm³/mol. The van der Waals surface area contributed by atoms with E-state index in [-0.39, 0.29) is 17.4 Å². The summed E-state index contributed by atoms with van der Waals surface area (Å²) in [6, 6.07) is 8.47. The SMILES string of the molecule is Cc1c(F)ccc(OCc2cccc3ncnn23)c1Cl. The minimum Gasteiger partial charge on any atom is -0.486 e. The van der Waals surface area contributed by atoms with E-state index in [4.69, 9.17) is 16.3 Å². The van der Waals surface area contributed by atoms with Gasteiger partial charge in [0.1, 0.15) is 24.5 Å². The molecule has 20 heavy (non-hydrogen) atoms. The summed E-state index contributed by atoms with van der Waals surface area (Å²) >= 11 is 6.06. The van der Waals surface area contributed by atoms with Crippen molar-refractivity contribution in [3.63, 3.8) is 0 Å². The second-order valence-corrected chi connectivity index (χ2v) is 4.70. The summed E-state index contributed by atoms with van der Waals surface area (Å²) in [6.45, 7) is 1.88. The Morgan fingerprint density at radius 3 is 3.00 bits per heavy atom. The quantitative estimate of drug-likeness (QED) is 0.742. The highest BCUT2D eigenvalue weighted by Gasteiger charge is 2.10. The van der Waals surface area contributed by atoms with Crippen molar-refractivity contribution in [2.45, 2.75) is 13.5 Å². The monoisotopic (exact) mass is 291 g/mol. The second kappa shape index (κ2) is 5.09. The smallest absolute Gasteiger partial charge is 0.155 e. The topological polar surface area (TPSA) is 39.4 Å². The summed E-state index contributed by atoms with van der Waals surface area (Å²) in [5.41, 5.74) is 1.95. The lowest BCUT2D eigenvalue weighted by Crippen LogP contribution is -2.04. The van der Waals surface area contributed by atoms with Crippen LogP contribution in [-0.4, -0.2) is 14.6 Å². The predicted octanol–water partition coefficient (Wildman–Crippen LogP) is 3.41. The van der Waals surface area contributed by atoms with E-state index in [0.717, 1.165) is 11.3 Å². The van der Waals surface area contributed by atoms with Crippen LogP contribution < -0.4 is 4.74 Å². The summed E-state index contributed by atoms with van der Waals surface area (Å²) < 4.78 is 20.7. The third-order valence-electron chi connectivity index (χ3n) is 3.04. The van der Waals surface area contributed by atoms with E-state index in [1.54, 1.807) is 11.4 Å². The molecule has 4 nitrogen and oxygen atoms in total. The molecule has 0 spiro atoms. The lowest BCUT2D eigenvalue weighted by Gasteiger charge is -2.10. The molecular formula is C14H11ClFN3O. The van der Waals surface area contributed by atoms with Gasteiger partial charge in [-0.3, -0.25) is 0 Å². The summed E-state index contributed by atoms with van der Waals surface area (Å²) in [6.07, 6.45) is 1.48. The molecule has 3 rings (SSSR count). The number of nitrogens with zero attached hydrogens (tertiary/aromatic N) is 3. The Balaban J connectivity index is 1.87. The van der Waals surface area contributed by atoms with E-state index in [2.05, 4.69) is 10.1 Å². The van der Waals surface area contributed by atoms with E-state index in [1.165, 1.54) is 18.5 Å². The van der Waals surface area contributed by atoms with Crippen LogP contribution in [0.1, 0.15) is 11.3 Å². The molecule has 0 saturated carbocycles. The van der Waals surface area contributed by atoms with Gasteiger partial charge in [0.2, 0.25) is 0 Å². The van der Waals surface area contributed by atoms with Crippen LogP contribution in [0.15, 0.2) is 36.7 Å². The highest BCUT2D eigenvalue weighted by molar-refractivity contribution is 6.32. The largest absolute Gasteiger partial charge is 0.486 e. The minimum absolute atomic E-state index is 0.269. The van der Waals surface area contributed by atoms with Crippen molar-refractivity contribution in [3.05, 3.63) is 58.8 Å². The highest BCUT2D eigenvalue weighted by Crippen LogP contribution is 2.30. The maximum absolute atomic E-state index is 13.3. The van der Waals surface area contributed by atoms with E-state index < -0.39 is 0 Å². The zero-order chi connectivity index (χ0) is 14.1. The number of halogens is 2. The van der Waals surface area contributed by atoms with E-state index >= 15 is 0 Å². The minimum atomic E-state index is -0.347. The number of ether oxygens (including phenoxy) is 1. The van der Waals surface area contributed by atoms with Crippen molar-refractivity contribution in [3.8, 4) is 5.75 Å². The first-order valence-corrected chi connectivity index (χ1v) is 6.39. The number of fused-ring (bicyclic) bond motifs is 1. The van der Waals surface area contributed by atoms with Crippen molar-refractivity contribution in [2.24, 2.45) is 0 Å². The normalized spacial score (nSPS) is 10.9. The van der Waals surface area contributed by atoms with E-state index in [9.17, 15) is 4.39 Å². The molecular weight excluding hydrogens is 281 g/mol. The van der Waals surface area contributed by atoms with Gasteiger partial charge < -0.3 is 4.74 Å². The number of rotatable bonds is 3. The Hall–Kier alpha value is -2.14. The van der Waals surface area contributed by atoms with Gasteiger partial charge in [0.15, 0.2) is 5.65 Å². The van der Waals surface area contributed by atoms with Crippen LogP contribution in [0.2, 0.25) is 5.02 Å². The van der Waals surface area contributed by atoms with Gasteiger partial charge in [0, 0.05) is 5.56 Å². The maximum atomic E-state index is 13.3. The first-order chi connectivity index (χ1) is 9.66. The second-order valence-electron chi connectivity index (χ2n) is 4.32. The van der Waals surface area contributed by atoms with Crippen molar-refractivity contribution in [2.75, 3.05) is 0 Å². The molecule has 0 amide bonds. The third-order valence-corrected chi connectivity index (χ3v) is 3.51. The number of hydrogen-bond donors (Lipinski definition) is 0. The first-order valence-electron chi connectivity index (χ1n) is 6.02. The molecule has 0 aliphatic rings. The first kappa shape index (κ1) is 12.9. The molecule has 0 bridgehead atoms. The van der Waals surface area contributed by atoms with Gasteiger partial charge in [-0.25, -0.2) is 13.9 Å². The Labute approximate surface area is 119 Å². The molecule has 2 aromatic heterocycles. The van der Waals surface area contributed by atoms with Gasteiger partial charge in [-0.2, -0.15) is 5.10 Å². The Morgan fingerprint density at radius 2 is 2.15 bits per heavy atom. The average Bonchev–Trinajstić information content (AvgIpc) is 2.93. The van der Waals surface area contributed by atoms with Crippen LogP contribution in [0, 0.1) is 12.7 Å². The van der Waals surface area contributed by atoms with Gasteiger partial charge in [0.05, 0.1) is 10.7 Å². The van der Waals surface area contributed by atoms with Crippen LogP contribution in [0.25, 0.3) is 5.65 Å². The molecule has 0 aliphatic carbocycles. The van der Waals surface area contributed by atoms with Gasteiger partial charge in [-0.15, -0.1) is 0 Å². The van der Waals surface area contributed by atoms with E-state index in [0.29, 0.717) is 11.3 Å². The molecule has 0 radical (unpaired) electrons. The molecule has 0 atom stereocenters. The van der Waals surface area contributed by atoms with Crippen molar-refractivity contribution in [1.29, 1.82) is 0 Å². The third kappa shape index (κ3) is 2.20. The average molecular weight is 292 g/mol. The van der Waals surface area contributed by atoms with Crippen molar-refractivity contribution >= 4 is 17.2 Å². The van der Waals surface area contributed by atoms with Crippen LogP contribution in [0.5, 0.6) is 5.75 Å². The van der Waals surface area contributed by atoms with Crippen molar-refractivity contribution < 1.29 is 9.13 Å². The highest BCUT2D eigenvalue weighted by atomic mass is 35.5. The number of pyridine rings is 1. The van der Waals surface area contributed by atoms with Crippen LogP contribution >= 0.6 is 11.6 Å². The standard InChI is InChI=1S/C14H11ClFN3O/c1-9-11(16)5-6-12(14(9)15)20-7-10-3-2-4-13-17-8-18-19(10)13/h2-6,8H,7H2,1H3. The molecule has 6 heteroatoms. The zero-order valence-corrected chi connectivity index (χ0v) is 11.4. The fraction of sp³-hybridized carbons (Fsp3) is 0.143. The zero-order valence-electron chi connectivity index (χ0n) is 10.7. The van der Waals surface area contributed by atoms with Gasteiger partial charge in [-0.05, 0) is 31.2 Å². The lowest BCUT2D eigenvalue weighted by atomic mass is 10.2. The number of aromatic nitrogens is 3. The van der Waals surface area contributed by atoms with Crippen molar-refractivity contribution in [1.82, 2.24) is 14.6 Å². The maximum Gasteiger partial charge on any atom is 0.155 e. The van der Waals surface area contributed by atoms with Gasteiger partial charge in [-0.1, -0.05) is 17.7 Å². The summed E-state index contributed by atoms with van der Waals surface area (Å²) in [5, 5.41) is 4.41. The molecule has 2 heterocycles. The van der Waals surface area contributed by atoms with Gasteiger partial charge in [0.25, 0.3) is 0 Å². The number of benzene rings is 1. The van der Waals surface area contributed by atoms with E-state index in [1.807, 2.05) is 18.2 Å². The summed E-state index contributed by atoms with van der Waals surface area (Å²) in [5.74, 6) is 0.100. The molecule has 0 saturated heterocycles. The fourth-order valence-electron chi connectivity index (χ4n) is 1.91. The molecule has 102 valence electrons. The van der Waals surface area contributed by atoms with Crippen LogP contribution in [0.4, 0.5) is 4.39 Å². The Kier molecular flexibility index (Phi) is 3.28. The molecule has 1 aromatic carbocycles. The molecule has 3 aromatic rings. The molecule has 0 N–H and O–H groups in total. The number of hydrogen-bond acceptors (Lipinski definition) is 3. The molecule has 0 unspecified atom stereocenters. The Morgan fingerprint density at radius 1 is 1.30 bits per heavy atom. The summed E-state index contributed by atoms with van der Waals surface area (Å²) in [7, 11) is 0. The fourth-order valence-corrected chi connectivity index (χ4v) is 2.12. The van der Waals surface area contributed by atoms with Gasteiger partial charge >= 0.3 is 0 Å². The van der Waals surface area contributed by atoms with Crippen LogP contribution in [-0.2, 0) is 6.61 Å². The summed E-state index contributed by atoms with van der Waals surface area (Å²) in [4.78, 5) is 4.10. The van der Waals surface area contributed by atoms with Crippen LogP contribution in [0.3, 0.4) is 0 Å². The Bertz CT molecular complexity index is 772. The molecule has 0 fully saturated rings. The lowest BCUT2D eigenvalue weighted by molar-refractivity contribution is 0.297. The molecule has 0 aliphatic heterocycles.